The van der Waals surface area contributed by atoms with Gasteiger partial charge in [0.05, 0.1) is 0 Å². The SMILES string of the molecule is CCC1CCCN(C(C)CC(N)=NO)C1. The Morgan fingerprint density at radius 2 is 2.40 bits per heavy atom. The number of likely N-dealkylation sites (tertiary alicyclic amines) is 1. The molecule has 0 amide bonds. The molecule has 0 aromatic carbocycles. The first-order valence-electron chi connectivity index (χ1n) is 5.87. The molecule has 1 aliphatic rings. The minimum absolute atomic E-state index is 0.334. The Morgan fingerprint density at radius 1 is 1.67 bits per heavy atom. The number of oxime groups is 1. The van der Waals surface area contributed by atoms with Gasteiger partial charge in [-0.1, -0.05) is 18.5 Å². The van der Waals surface area contributed by atoms with E-state index < -0.39 is 0 Å². The first-order valence-corrected chi connectivity index (χ1v) is 5.87. The number of rotatable bonds is 4. The summed E-state index contributed by atoms with van der Waals surface area (Å²) in [7, 11) is 0. The molecule has 1 saturated heterocycles. The van der Waals surface area contributed by atoms with E-state index in [-0.39, 0.29) is 0 Å². The van der Waals surface area contributed by atoms with E-state index in [1.165, 1.54) is 19.3 Å². The van der Waals surface area contributed by atoms with Gasteiger partial charge in [-0.15, -0.1) is 0 Å². The van der Waals surface area contributed by atoms with Crippen LogP contribution < -0.4 is 5.73 Å². The van der Waals surface area contributed by atoms with Gasteiger partial charge in [0.25, 0.3) is 0 Å². The van der Waals surface area contributed by atoms with Gasteiger partial charge in [-0.05, 0) is 32.2 Å². The van der Waals surface area contributed by atoms with Crippen molar-refractivity contribution in [2.75, 3.05) is 13.1 Å². The quantitative estimate of drug-likeness (QED) is 0.323. The number of piperidine rings is 1. The summed E-state index contributed by atoms with van der Waals surface area (Å²) >= 11 is 0. The van der Waals surface area contributed by atoms with Crippen LogP contribution in [-0.2, 0) is 0 Å². The smallest absolute Gasteiger partial charge is 0.140 e. The van der Waals surface area contributed by atoms with Crippen LogP contribution in [-0.4, -0.2) is 35.1 Å². The lowest BCUT2D eigenvalue weighted by atomic mass is 9.94. The van der Waals surface area contributed by atoms with E-state index in [9.17, 15) is 0 Å². The molecule has 0 saturated carbocycles. The zero-order valence-corrected chi connectivity index (χ0v) is 9.82. The third kappa shape index (κ3) is 3.70. The Bertz CT molecular complexity index is 218. The number of nitrogens with two attached hydrogens (primary N) is 1. The van der Waals surface area contributed by atoms with E-state index in [0.717, 1.165) is 19.0 Å². The van der Waals surface area contributed by atoms with Crippen molar-refractivity contribution in [3.05, 3.63) is 0 Å². The molecule has 0 radical (unpaired) electrons. The maximum Gasteiger partial charge on any atom is 0.140 e. The summed E-state index contributed by atoms with van der Waals surface area (Å²) in [5.41, 5.74) is 5.52. The van der Waals surface area contributed by atoms with Crippen LogP contribution in [0.1, 0.15) is 39.5 Å². The summed E-state index contributed by atoms with van der Waals surface area (Å²) < 4.78 is 0. The third-order valence-electron chi connectivity index (χ3n) is 3.38. The Balaban J connectivity index is 2.41. The molecule has 4 nitrogen and oxygen atoms in total. The number of nitrogens with zero attached hydrogens (tertiary/aromatic N) is 2. The third-order valence-corrected chi connectivity index (χ3v) is 3.38. The van der Waals surface area contributed by atoms with Gasteiger partial charge in [-0.3, -0.25) is 4.90 Å². The highest BCUT2D eigenvalue weighted by atomic mass is 16.4. The van der Waals surface area contributed by atoms with Crippen LogP contribution in [0.4, 0.5) is 0 Å². The second kappa shape index (κ2) is 5.95. The van der Waals surface area contributed by atoms with Crippen LogP contribution in [0.15, 0.2) is 5.16 Å². The molecule has 2 atom stereocenters. The summed E-state index contributed by atoms with van der Waals surface area (Å²) in [6.07, 6.45) is 4.54. The maximum absolute atomic E-state index is 8.52. The maximum atomic E-state index is 8.52. The number of hydrogen-bond acceptors (Lipinski definition) is 3. The first kappa shape index (κ1) is 12.3. The lowest BCUT2D eigenvalue weighted by Gasteiger charge is -2.36. The van der Waals surface area contributed by atoms with E-state index in [1.54, 1.807) is 0 Å². The molecule has 0 spiro atoms. The van der Waals surface area contributed by atoms with E-state index in [4.69, 9.17) is 10.9 Å². The summed E-state index contributed by atoms with van der Waals surface area (Å²) in [5, 5.41) is 11.6. The largest absolute Gasteiger partial charge is 0.409 e. The predicted octanol–water partition coefficient (Wildman–Crippen LogP) is 1.63. The molecule has 88 valence electrons. The van der Waals surface area contributed by atoms with Crippen LogP contribution in [0.2, 0.25) is 0 Å². The lowest BCUT2D eigenvalue weighted by molar-refractivity contribution is 0.131. The van der Waals surface area contributed by atoms with E-state index in [1.807, 2.05) is 0 Å². The van der Waals surface area contributed by atoms with Crippen LogP contribution in [0, 0.1) is 5.92 Å². The van der Waals surface area contributed by atoms with Crippen LogP contribution >= 0.6 is 0 Å². The van der Waals surface area contributed by atoms with E-state index in [2.05, 4.69) is 23.9 Å². The second-order valence-electron chi connectivity index (χ2n) is 4.56. The van der Waals surface area contributed by atoms with Crippen molar-refractivity contribution in [1.29, 1.82) is 0 Å². The molecule has 4 heteroatoms. The highest BCUT2D eigenvalue weighted by molar-refractivity contribution is 5.80. The zero-order chi connectivity index (χ0) is 11.3. The molecule has 15 heavy (non-hydrogen) atoms. The minimum atomic E-state index is 0.334. The average molecular weight is 213 g/mol. The normalized spacial score (nSPS) is 26.5. The van der Waals surface area contributed by atoms with Crippen LogP contribution in [0.3, 0.4) is 0 Å². The van der Waals surface area contributed by atoms with Gasteiger partial charge in [-0.2, -0.15) is 0 Å². The molecule has 0 aromatic rings. The predicted molar refractivity (Wildman–Crippen MR) is 62.1 cm³/mol. The van der Waals surface area contributed by atoms with Crippen molar-refractivity contribution in [3.63, 3.8) is 0 Å². The molecule has 3 N–H and O–H groups in total. The van der Waals surface area contributed by atoms with E-state index >= 15 is 0 Å². The van der Waals surface area contributed by atoms with Gasteiger partial charge >= 0.3 is 0 Å². The van der Waals surface area contributed by atoms with Crippen molar-refractivity contribution in [1.82, 2.24) is 4.90 Å². The summed E-state index contributed by atoms with van der Waals surface area (Å²) in [4.78, 5) is 2.45. The Morgan fingerprint density at radius 3 is 3.00 bits per heavy atom. The van der Waals surface area contributed by atoms with Crippen molar-refractivity contribution in [3.8, 4) is 0 Å². The number of amidine groups is 1. The molecule has 0 aromatic heterocycles. The molecular formula is C11H23N3O. The number of hydrogen-bond donors (Lipinski definition) is 2. The van der Waals surface area contributed by atoms with Gasteiger partial charge in [0.1, 0.15) is 5.84 Å². The van der Waals surface area contributed by atoms with Gasteiger partial charge < -0.3 is 10.9 Å². The fourth-order valence-corrected chi connectivity index (χ4v) is 2.30. The topological polar surface area (TPSA) is 61.8 Å². The highest BCUT2D eigenvalue weighted by Gasteiger charge is 2.22. The molecular weight excluding hydrogens is 190 g/mol. The van der Waals surface area contributed by atoms with Gasteiger partial charge in [0, 0.05) is 19.0 Å². The Hall–Kier alpha value is -0.770. The van der Waals surface area contributed by atoms with Crippen LogP contribution in [0.25, 0.3) is 0 Å². The molecule has 2 unspecified atom stereocenters. The van der Waals surface area contributed by atoms with Gasteiger partial charge in [0.15, 0.2) is 0 Å². The minimum Gasteiger partial charge on any atom is -0.409 e. The van der Waals surface area contributed by atoms with E-state index in [0.29, 0.717) is 18.3 Å². The monoisotopic (exact) mass is 213 g/mol. The highest BCUT2D eigenvalue weighted by Crippen LogP contribution is 2.21. The Kier molecular flexibility index (Phi) is 4.88. The second-order valence-corrected chi connectivity index (χ2v) is 4.56. The Labute approximate surface area is 92.1 Å². The first-order chi connectivity index (χ1) is 7.17. The molecule has 1 aliphatic heterocycles. The summed E-state index contributed by atoms with van der Waals surface area (Å²) in [5.74, 6) is 1.16. The molecule has 1 rings (SSSR count). The molecule has 0 bridgehead atoms. The fourth-order valence-electron chi connectivity index (χ4n) is 2.30. The molecule has 0 aliphatic carbocycles. The van der Waals surface area contributed by atoms with Crippen molar-refractivity contribution in [2.24, 2.45) is 16.8 Å². The average Bonchev–Trinajstić information content (AvgIpc) is 2.28. The summed E-state index contributed by atoms with van der Waals surface area (Å²) in [6.45, 7) is 6.71. The molecule has 1 heterocycles. The fraction of sp³-hybridized carbons (Fsp3) is 0.909. The van der Waals surface area contributed by atoms with Crippen molar-refractivity contribution in [2.45, 2.75) is 45.6 Å². The zero-order valence-electron chi connectivity index (χ0n) is 9.82. The summed E-state index contributed by atoms with van der Waals surface area (Å²) in [6, 6.07) is 0.384. The van der Waals surface area contributed by atoms with Crippen molar-refractivity contribution < 1.29 is 5.21 Å². The lowest BCUT2D eigenvalue weighted by Crippen LogP contribution is -2.42. The molecule has 1 fully saturated rings. The van der Waals surface area contributed by atoms with Gasteiger partial charge in [-0.25, -0.2) is 0 Å². The van der Waals surface area contributed by atoms with Gasteiger partial charge in [0.2, 0.25) is 0 Å². The standard InChI is InChI=1S/C11H23N3O/c1-3-10-5-4-6-14(8-10)9(2)7-11(12)13-15/h9-10,15H,3-8H2,1-2H3,(H2,12,13). The van der Waals surface area contributed by atoms with Crippen LogP contribution in [0.5, 0.6) is 0 Å². The van der Waals surface area contributed by atoms with Crippen molar-refractivity contribution >= 4 is 5.84 Å².